The lowest BCUT2D eigenvalue weighted by atomic mass is 9.99. The smallest absolute Gasteiger partial charge is 0.179 e. The molecule has 74 valence electrons. The fourth-order valence-electron chi connectivity index (χ4n) is 1.64. The van der Waals surface area contributed by atoms with E-state index >= 15 is 0 Å². The van der Waals surface area contributed by atoms with Crippen LogP contribution in [0.2, 0.25) is 0 Å². The second-order valence-electron chi connectivity index (χ2n) is 3.43. The van der Waals surface area contributed by atoms with Gasteiger partial charge in [-0.05, 0) is 24.6 Å². The van der Waals surface area contributed by atoms with Gasteiger partial charge in [-0.1, -0.05) is 5.92 Å². The van der Waals surface area contributed by atoms with E-state index in [0.29, 0.717) is 12.5 Å². The van der Waals surface area contributed by atoms with Crippen molar-refractivity contribution < 1.29 is 0 Å². The van der Waals surface area contributed by atoms with Crippen molar-refractivity contribution in [3.8, 4) is 12.3 Å². The van der Waals surface area contributed by atoms with E-state index in [2.05, 4.69) is 26.6 Å². The first kappa shape index (κ1) is 9.16. The molecule has 1 aromatic rings. The van der Waals surface area contributed by atoms with Crippen molar-refractivity contribution in [3.05, 3.63) is 5.82 Å². The van der Waals surface area contributed by atoms with Gasteiger partial charge >= 0.3 is 0 Å². The van der Waals surface area contributed by atoms with E-state index in [0.717, 1.165) is 25.3 Å². The van der Waals surface area contributed by atoms with Crippen LogP contribution >= 0.6 is 0 Å². The van der Waals surface area contributed by atoms with Gasteiger partial charge in [0.1, 0.15) is 6.54 Å². The summed E-state index contributed by atoms with van der Waals surface area (Å²) in [4.78, 5) is 1.46. The van der Waals surface area contributed by atoms with Gasteiger partial charge in [0.25, 0.3) is 0 Å². The van der Waals surface area contributed by atoms with Gasteiger partial charge in [0.2, 0.25) is 0 Å². The highest BCUT2D eigenvalue weighted by atomic mass is 15.6. The second kappa shape index (κ2) is 4.20. The summed E-state index contributed by atoms with van der Waals surface area (Å²) in [6.07, 6.45) is 7.47. The summed E-state index contributed by atoms with van der Waals surface area (Å²) in [5.41, 5.74) is 0. The maximum absolute atomic E-state index is 5.16. The summed E-state index contributed by atoms with van der Waals surface area (Å²) < 4.78 is 0. The van der Waals surface area contributed by atoms with Gasteiger partial charge in [-0.15, -0.1) is 16.6 Å². The molecule has 1 aliphatic heterocycles. The number of nitrogens with zero attached hydrogens (tertiary/aromatic N) is 4. The standard InChI is InChI=1S/C9H13N5/c1-2-6-14-12-9(11-13-14)8-4-3-5-10-7-8/h1,8,10H,3-7H2. The van der Waals surface area contributed by atoms with Crippen LogP contribution in [0.5, 0.6) is 0 Å². The maximum Gasteiger partial charge on any atom is 0.179 e. The zero-order chi connectivity index (χ0) is 9.80. The van der Waals surface area contributed by atoms with Crippen LogP contribution in [-0.2, 0) is 6.54 Å². The highest BCUT2D eigenvalue weighted by molar-refractivity contribution is 4.95. The van der Waals surface area contributed by atoms with Crippen molar-refractivity contribution in [1.82, 2.24) is 25.5 Å². The van der Waals surface area contributed by atoms with Gasteiger partial charge in [0.05, 0.1) is 0 Å². The van der Waals surface area contributed by atoms with Crippen molar-refractivity contribution in [3.63, 3.8) is 0 Å². The third kappa shape index (κ3) is 1.91. The Balaban J connectivity index is 2.04. The van der Waals surface area contributed by atoms with Crippen LogP contribution in [-0.4, -0.2) is 33.3 Å². The Bertz CT molecular complexity index is 331. The van der Waals surface area contributed by atoms with Crippen LogP contribution in [0.25, 0.3) is 0 Å². The summed E-state index contributed by atoms with van der Waals surface area (Å²) in [7, 11) is 0. The molecule has 1 saturated heterocycles. The quantitative estimate of drug-likeness (QED) is 0.656. The average molecular weight is 191 g/mol. The average Bonchev–Trinajstić information content (AvgIpc) is 2.68. The Kier molecular flexibility index (Phi) is 2.75. The molecule has 0 aromatic carbocycles. The first-order valence-electron chi connectivity index (χ1n) is 4.82. The minimum Gasteiger partial charge on any atom is -0.316 e. The number of piperidine rings is 1. The summed E-state index contributed by atoms with van der Waals surface area (Å²) in [6, 6.07) is 0. The van der Waals surface area contributed by atoms with Gasteiger partial charge < -0.3 is 5.32 Å². The number of terminal acetylenes is 1. The van der Waals surface area contributed by atoms with Crippen molar-refractivity contribution in [2.24, 2.45) is 0 Å². The fraction of sp³-hybridized carbons (Fsp3) is 0.667. The molecule has 0 saturated carbocycles. The molecule has 1 N–H and O–H groups in total. The van der Waals surface area contributed by atoms with E-state index in [1.54, 1.807) is 0 Å². The predicted molar refractivity (Wildman–Crippen MR) is 51.5 cm³/mol. The molecule has 2 heterocycles. The van der Waals surface area contributed by atoms with E-state index in [1.165, 1.54) is 11.2 Å². The van der Waals surface area contributed by atoms with E-state index in [4.69, 9.17) is 6.42 Å². The zero-order valence-electron chi connectivity index (χ0n) is 7.98. The molecular formula is C9H13N5. The number of hydrogen-bond acceptors (Lipinski definition) is 4. The Morgan fingerprint density at radius 1 is 1.64 bits per heavy atom. The highest BCUT2D eigenvalue weighted by Crippen LogP contribution is 2.18. The lowest BCUT2D eigenvalue weighted by molar-refractivity contribution is 0.444. The molecule has 1 aliphatic rings. The fourth-order valence-corrected chi connectivity index (χ4v) is 1.64. The summed E-state index contributed by atoms with van der Waals surface area (Å²) in [6.45, 7) is 2.43. The van der Waals surface area contributed by atoms with Crippen molar-refractivity contribution in [1.29, 1.82) is 0 Å². The number of nitrogens with one attached hydrogen (secondary N) is 1. The molecule has 2 rings (SSSR count). The number of rotatable bonds is 2. The van der Waals surface area contributed by atoms with Crippen LogP contribution in [0.15, 0.2) is 0 Å². The molecule has 5 nitrogen and oxygen atoms in total. The molecule has 5 heteroatoms. The minimum atomic E-state index is 0.396. The molecule has 14 heavy (non-hydrogen) atoms. The number of tetrazole rings is 1. The maximum atomic E-state index is 5.16. The second-order valence-corrected chi connectivity index (χ2v) is 3.43. The van der Waals surface area contributed by atoms with Crippen LogP contribution in [0.3, 0.4) is 0 Å². The lowest BCUT2D eigenvalue weighted by Gasteiger charge is -2.19. The van der Waals surface area contributed by atoms with Crippen LogP contribution < -0.4 is 5.32 Å². The molecule has 1 aromatic heterocycles. The number of aromatic nitrogens is 4. The van der Waals surface area contributed by atoms with Crippen molar-refractivity contribution in [2.75, 3.05) is 13.1 Å². The zero-order valence-corrected chi connectivity index (χ0v) is 7.98. The van der Waals surface area contributed by atoms with Gasteiger partial charge in [-0.2, -0.15) is 4.80 Å². The topological polar surface area (TPSA) is 55.6 Å². The summed E-state index contributed by atoms with van der Waals surface area (Å²) >= 11 is 0. The Labute approximate surface area is 82.9 Å². The van der Waals surface area contributed by atoms with Gasteiger partial charge in [0.15, 0.2) is 5.82 Å². The van der Waals surface area contributed by atoms with Crippen LogP contribution in [0, 0.1) is 12.3 Å². The third-order valence-corrected chi connectivity index (χ3v) is 2.36. The first-order valence-corrected chi connectivity index (χ1v) is 4.82. The van der Waals surface area contributed by atoms with E-state index in [9.17, 15) is 0 Å². The molecule has 1 fully saturated rings. The minimum absolute atomic E-state index is 0.396. The molecule has 0 radical (unpaired) electrons. The lowest BCUT2D eigenvalue weighted by Crippen LogP contribution is -2.29. The van der Waals surface area contributed by atoms with Gasteiger partial charge in [-0.25, -0.2) is 0 Å². The molecule has 1 unspecified atom stereocenters. The number of hydrogen-bond donors (Lipinski definition) is 1. The van der Waals surface area contributed by atoms with Crippen molar-refractivity contribution in [2.45, 2.75) is 25.3 Å². The van der Waals surface area contributed by atoms with E-state index < -0.39 is 0 Å². The van der Waals surface area contributed by atoms with Crippen LogP contribution in [0.1, 0.15) is 24.6 Å². The highest BCUT2D eigenvalue weighted by Gasteiger charge is 2.19. The first-order chi connectivity index (χ1) is 6.90. The van der Waals surface area contributed by atoms with E-state index in [-0.39, 0.29) is 0 Å². The SMILES string of the molecule is C#CCn1nnc(C2CCCNC2)n1. The Morgan fingerprint density at radius 3 is 3.29 bits per heavy atom. The summed E-state index contributed by atoms with van der Waals surface area (Å²) in [5, 5.41) is 15.4. The Hall–Kier alpha value is -1.41. The molecule has 0 amide bonds. The monoisotopic (exact) mass is 191 g/mol. The molecular weight excluding hydrogens is 178 g/mol. The molecule has 0 aliphatic carbocycles. The molecule has 0 bridgehead atoms. The molecule has 1 atom stereocenters. The van der Waals surface area contributed by atoms with Gasteiger partial charge in [0, 0.05) is 12.5 Å². The van der Waals surface area contributed by atoms with Crippen molar-refractivity contribution >= 4 is 0 Å². The molecule has 0 spiro atoms. The summed E-state index contributed by atoms with van der Waals surface area (Å²) in [5.74, 6) is 3.69. The van der Waals surface area contributed by atoms with E-state index in [1.807, 2.05) is 0 Å². The Morgan fingerprint density at radius 2 is 2.57 bits per heavy atom. The third-order valence-electron chi connectivity index (χ3n) is 2.36. The predicted octanol–water partition coefficient (Wildman–Crippen LogP) is -0.227. The largest absolute Gasteiger partial charge is 0.316 e. The normalized spacial score (nSPS) is 21.8. The van der Waals surface area contributed by atoms with Crippen LogP contribution in [0.4, 0.5) is 0 Å². The van der Waals surface area contributed by atoms with Gasteiger partial charge in [-0.3, -0.25) is 0 Å².